The number of hydrogen-bond donors (Lipinski definition) is 1. The summed E-state index contributed by atoms with van der Waals surface area (Å²) in [4.78, 5) is 26.1. The summed E-state index contributed by atoms with van der Waals surface area (Å²) in [6, 6.07) is 4.00. The lowest BCUT2D eigenvalue weighted by atomic mass is 9.94. The van der Waals surface area contributed by atoms with Gasteiger partial charge in [-0.15, -0.1) is 0 Å². The van der Waals surface area contributed by atoms with Gasteiger partial charge in [0, 0.05) is 71.8 Å². The quantitative estimate of drug-likeness (QED) is 0.214. The highest BCUT2D eigenvalue weighted by molar-refractivity contribution is 6.36. The molecule has 2 fully saturated rings. The molecule has 0 saturated carbocycles. The number of carbonyl (C=O) groups is 1. The van der Waals surface area contributed by atoms with Crippen LogP contribution >= 0.6 is 23.2 Å². The molecule has 5 aromatic rings. The van der Waals surface area contributed by atoms with Crippen LogP contribution in [0.15, 0.2) is 36.7 Å². The lowest BCUT2D eigenvalue weighted by Gasteiger charge is -2.43. The average Bonchev–Trinajstić information content (AvgIpc) is 3.66. The normalized spacial score (nSPS) is 16.6. The molecule has 2 aliphatic rings. The molecule has 2 saturated heterocycles. The molecule has 0 radical (unpaired) electrons. The molecule has 13 heteroatoms. The van der Waals surface area contributed by atoms with Gasteiger partial charge in [0.2, 0.25) is 5.91 Å². The van der Waals surface area contributed by atoms with E-state index in [2.05, 4.69) is 34.1 Å². The first-order chi connectivity index (χ1) is 22.5. The van der Waals surface area contributed by atoms with Gasteiger partial charge in [-0.25, -0.2) is 9.37 Å². The Labute approximate surface area is 282 Å². The van der Waals surface area contributed by atoms with E-state index in [1.165, 1.54) is 0 Å². The molecule has 246 valence electrons. The van der Waals surface area contributed by atoms with E-state index >= 15 is 4.39 Å². The molecular weight excluding hydrogens is 640 g/mol. The van der Waals surface area contributed by atoms with Gasteiger partial charge >= 0.3 is 0 Å². The van der Waals surface area contributed by atoms with Crippen molar-refractivity contribution in [1.82, 2.24) is 39.7 Å². The van der Waals surface area contributed by atoms with Crippen molar-refractivity contribution in [1.29, 1.82) is 0 Å². The Morgan fingerprint density at radius 3 is 2.49 bits per heavy atom. The molecular formula is C34H38Cl2FN9O. The molecule has 7 rings (SSSR count). The minimum atomic E-state index is -0.508. The summed E-state index contributed by atoms with van der Waals surface area (Å²) in [6.45, 7) is 5.34. The molecule has 1 amide bonds. The number of pyridine rings is 1. The summed E-state index contributed by atoms with van der Waals surface area (Å²) >= 11 is 13.6. The van der Waals surface area contributed by atoms with Gasteiger partial charge in [0.05, 0.1) is 39.9 Å². The number of aromatic amines is 1. The number of nitrogens with zero attached hydrogens (tertiary/aromatic N) is 8. The van der Waals surface area contributed by atoms with E-state index in [1.54, 1.807) is 18.3 Å². The maximum absolute atomic E-state index is 17.1. The first-order valence-corrected chi connectivity index (χ1v) is 16.6. The number of aromatic nitrogens is 5. The van der Waals surface area contributed by atoms with Gasteiger partial charge in [-0.05, 0) is 65.7 Å². The fourth-order valence-electron chi connectivity index (χ4n) is 6.85. The van der Waals surface area contributed by atoms with Crippen LogP contribution in [0.1, 0.15) is 24.4 Å². The molecule has 2 aliphatic heterocycles. The van der Waals surface area contributed by atoms with Crippen LogP contribution in [0.4, 0.5) is 10.2 Å². The van der Waals surface area contributed by atoms with Crippen molar-refractivity contribution in [2.24, 2.45) is 0 Å². The zero-order valence-corrected chi connectivity index (χ0v) is 28.7. The highest BCUT2D eigenvalue weighted by Crippen LogP contribution is 2.45. The van der Waals surface area contributed by atoms with Crippen molar-refractivity contribution in [3.05, 3.63) is 58.1 Å². The highest BCUT2D eigenvalue weighted by atomic mass is 35.5. The van der Waals surface area contributed by atoms with Crippen molar-refractivity contribution < 1.29 is 9.18 Å². The number of anilines is 1. The molecule has 47 heavy (non-hydrogen) atoms. The zero-order chi connectivity index (χ0) is 33.1. The number of carbonyl (C=O) groups excluding carboxylic acids is 1. The topological polar surface area (TPSA) is 89.4 Å². The van der Waals surface area contributed by atoms with E-state index in [-0.39, 0.29) is 28.1 Å². The number of H-pyrrole nitrogens is 1. The van der Waals surface area contributed by atoms with E-state index in [9.17, 15) is 4.79 Å². The Hall–Kier alpha value is -3.77. The Kier molecular flexibility index (Phi) is 8.36. The predicted molar refractivity (Wildman–Crippen MR) is 187 cm³/mol. The fraction of sp³-hybridized carbons (Fsp3) is 0.412. The second-order valence-corrected chi connectivity index (χ2v) is 14.0. The molecule has 5 heterocycles. The standard InChI is InChI=1S/C34H38Cl2FN9O/c1-19-25(35)14-27-23(15-38-41-27)29(19)30-26(36)13-22-32(31(30)37)40-34(45-17-21(18-45)43(4)5)24-16-39-46(33(22)24)20-8-11-44(12-9-20)28(47)7-6-10-42(2)3/h6-7,13-16,20-21H,8-12,17-18H2,1-5H3,(H,38,41)/b7-6+. The lowest BCUT2D eigenvalue weighted by Crippen LogP contribution is -2.57. The largest absolute Gasteiger partial charge is 0.353 e. The van der Waals surface area contributed by atoms with Crippen molar-refractivity contribution in [3.63, 3.8) is 0 Å². The summed E-state index contributed by atoms with van der Waals surface area (Å²) in [5.41, 5.74) is 3.28. The van der Waals surface area contributed by atoms with Crippen molar-refractivity contribution in [2.75, 3.05) is 65.8 Å². The molecule has 0 spiro atoms. The number of rotatable bonds is 7. The number of hydrogen-bond acceptors (Lipinski definition) is 7. The maximum Gasteiger partial charge on any atom is 0.246 e. The summed E-state index contributed by atoms with van der Waals surface area (Å²) in [6.07, 6.45) is 8.51. The first kappa shape index (κ1) is 31.8. The van der Waals surface area contributed by atoms with Crippen molar-refractivity contribution in [2.45, 2.75) is 31.8 Å². The van der Waals surface area contributed by atoms with E-state index in [4.69, 9.17) is 33.3 Å². The SMILES string of the molecule is Cc1c(Cl)cc2[nH]ncc2c1-c1c(Cl)cc2c(nc(N3CC(N(C)C)C3)c3cnn(C4CCN(C(=O)/C=C/CN(C)C)CC4)c32)c1F. The van der Waals surface area contributed by atoms with Crippen molar-refractivity contribution >= 4 is 67.6 Å². The monoisotopic (exact) mass is 677 g/mol. The Morgan fingerprint density at radius 1 is 1.04 bits per heavy atom. The number of likely N-dealkylation sites (tertiary alicyclic amines) is 1. The van der Waals surface area contributed by atoms with E-state index in [0.29, 0.717) is 58.5 Å². The molecule has 3 aromatic heterocycles. The number of piperidine rings is 1. The minimum Gasteiger partial charge on any atom is -0.353 e. The molecule has 0 atom stereocenters. The van der Waals surface area contributed by atoms with Gasteiger partial charge in [-0.1, -0.05) is 29.3 Å². The number of halogens is 3. The molecule has 1 N–H and O–H groups in total. The highest BCUT2D eigenvalue weighted by Gasteiger charge is 2.34. The number of likely N-dealkylation sites (N-methyl/N-ethyl adjacent to an activating group) is 2. The van der Waals surface area contributed by atoms with Crippen molar-refractivity contribution in [3.8, 4) is 11.1 Å². The van der Waals surface area contributed by atoms with Crippen LogP contribution in [0.2, 0.25) is 10.0 Å². The van der Waals surface area contributed by atoms with Crippen LogP contribution in [-0.4, -0.2) is 113 Å². The van der Waals surface area contributed by atoms with Gasteiger partial charge in [-0.2, -0.15) is 10.2 Å². The third-order valence-corrected chi connectivity index (χ3v) is 10.3. The Balaban J connectivity index is 1.34. The summed E-state index contributed by atoms with van der Waals surface area (Å²) in [7, 11) is 8.07. The number of fused-ring (bicyclic) bond motifs is 4. The molecule has 2 aromatic carbocycles. The van der Waals surface area contributed by atoms with Gasteiger partial charge < -0.3 is 19.6 Å². The number of nitrogens with one attached hydrogen (secondary N) is 1. The second-order valence-electron chi connectivity index (χ2n) is 13.2. The van der Waals surface area contributed by atoms with Crippen LogP contribution in [0.5, 0.6) is 0 Å². The van der Waals surface area contributed by atoms with Gasteiger partial charge in [0.25, 0.3) is 0 Å². The lowest BCUT2D eigenvalue weighted by molar-refractivity contribution is -0.127. The third kappa shape index (κ3) is 5.52. The van der Waals surface area contributed by atoms with Gasteiger partial charge in [0.1, 0.15) is 11.3 Å². The molecule has 0 bridgehead atoms. The second kappa shape index (κ2) is 12.4. The fourth-order valence-corrected chi connectivity index (χ4v) is 7.34. The first-order valence-electron chi connectivity index (χ1n) is 15.9. The smallest absolute Gasteiger partial charge is 0.246 e. The Bertz CT molecular complexity index is 2040. The Morgan fingerprint density at radius 2 is 1.79 bits per heavy atom. The molecule has 10 nitrogen and oxygen atoms in total. The average molecular weight is 679 g/mol. The summed E-state index contributed by atoms with van der Waals surface area (Å²) < 4.78 is 19.1. The summed E-state index contributed by atoms with van der Waals surface area (Å²) in [5.74, 6) is 0.218. The molecule has 0 aliphatic carbocycles. The van der Waals surface area contributed by atoms with Gasteiger partial charge in [0.15, 0.2) is 5.82 Å². The zero-order valence-electron chi connectivity index (χ0n) is 27.2. The van der Waals surface area contributed by atoms with Crippen LogP contribution in [-0.2, 0) is 4.79 Å². The maximum atomic E-state index is 17.1. The van der Waals surface area contributed by atoms with E-state index in [0.717, 1.165) is 42.2 Å². The number of benzene rings is 2. The predicted octanol–water partition coefficient (Wildman–Crippen LogP) is 5.91. The van der Waals surface area contributed by atoms with Crippen LogP contribution < -0.4 is 4.90 Å². The summed E-state index contributed by atoms with van der Waals surface area (Å²) in [5, 5.41) is 15.0. The number of amides is 1. The van der Waals surface area contributed by atoms with Crippen LogP contribution in [0.3, 0.4) is 0 Å². The third-order valence-electron chi connectivity index (χ3n) is 9.64. The molecule has 0 unspecified atom stereocenters. The minimum absolute atomic E-state index is 0.0187. The van der Waals surface area contributed by atoms with E-state index < -0.39 is 5.82 Å². The van der Waals surface area contributed by atoms with Crippen LogP contribution in [0, 0.1) is 12.7 Å². The van der Waals surface area contributed by atoms with Gasteiger partial charge in [-0.3, -0.25) is 14.6 Å². The van der Waals surface area contributed by atoms with Crippen LogP contribution in [0.25, 0.3) is 43.8 Å². The van der Waals surface area contributed by atoms with E-state index in [1.807, 2.05) is 53.8 Å².